The number of aryl methyl sites for hydroxylation is 2. The van der Waals surface area contributed by atoms with Crippen LogP contribution in [0.1, 0.15) is 30.2 Å². The summed E-state index contributed by atoms with van der Waals surface area (Å²) in [4.78, 5) is 8.57. The van der Waals surface area contributed by atoms with Crippen molar-refractivity contribution < 1.29 is 5.11 Å². The first-order valence-corrected chi connectivity index (χ1v) is 5.82. The molecule has 1 unspecified atom stereocenters. The van der Waals surface area contributed by atoms with Gasteiger partial charge in [-0.3, -0.25) is 4.98 Å². The highest BCUT2D eigenvalue weighted by atomic mass is 16.3. The average Bonchev–Trinajstić information content (AvgIpc) is 2.76. The van der Waals surface area contributed by atoms with Crippen molar-refractivity contribution in [3.05, 3.63) is 47.8 Å². The summed E-state index contributed by atoms with van der Waals surface area (Å²) in [6, 6.07) is 5.67. The van der Waals surface area contributed by atoms with E-state index in [0.717, 1.165) is 18.1 Å². The Kier molecular flexibility index (Phi) is 3.54. The topological polar surface area (TPSA) is 50.9 Å². The SMILES string of the molecule is CCn1ccnc1CC(O)c1cccc(C)n1. The molecule has 2 heterocycles. The number of rotatable bonds is 4. The van der Waals surface area contributed by atoms with Crippen LogP contribution in [0.25, 0.3) is 0 Å². The molecule has 1 N–H and O–H groups in total. The average molecular weight is 231 g/mol. The van der Waals surface area contributed by atoms with Crippen LogP contribution in [-0.2, 0) is 13.0 Å². The normalized spacial score (nSPS) is 12.6. The number of pyridine rings is 1. The molecule has 0 fully saturated rings. The van der Waals surface area contributed by atoms with Gasteiger partial charge in [-0.2, -0.15) is 0 Å². The summed E-state index contributed by atoms with van der Waals surface area (Å²) in [5.74, 6) is 0.892. The maximum absolute atomic E-state index is 10.1. The Morgan fingerprint density at radius 2 is 2.24 bits per heavy atom. The highest BCUT2D eigenvalue weighted by Crippen LogP contribution is 2.15. The van der Waals surface area contributed by atoms with Crippen molar-refractivity contribution in [3.63, 3.8) is 0 Å². The van der Waals surface area contributed by atoms with E-state index < -0.39 is 6.10 Å². The maximum Gasteiger partial charge on any atom is 0.111 e. The fraction of sp³-hybridized carbons (Fsp3) is 0.385. The minimum Gasteiger partial charge on any atom is -0.386 e. The van der Waals surface area contributed by atoms with E-state index in [1.54, 1.807) is 6.20 Å². The smallest absolute Gasteiger partial charge is 0.111 e. The van der Waals surface area contributed by atoms with Crippen molar-refractivity contribution in [1.82, 2.24) is 14.5 Å². The van der Waals surface area contributed by atoms with E-state index >= 15 is 0 Å². The Bertz CT molecular complexity index is 493. The number of hydrogen-bond donors (Lipinski definition) is 1. The molecule has 2 aromatic rings. The van der Waals surface area contributed by atoms with E-state index in [1.165, 1.54) is 0 Å². The molecular weight excluding hydrogens is 214 g/mol. The minimum absolute atomic E-state index is 0.497. The van der Waals surface area contributed by atoms with Gasteiger partial charge in [-0.1, -0.05) is 6.07 Å². The molecule has 0 saturated carbocycles. The zero-order valence-corrected chi connectivity index (χ0v) is 10.2. The van der Waals surface area contributed by atoms with Crippen molar-refractivity contribution in [3.8, 4) is 0 Å². The van der Waals surface area contributed by atoms with Crippen molar-refractivity contribution in [1.29, 1.82) is 0 Å². The summed E-state index contributed by atoms with van der Waals surface area (Å²) in [7, 11) is 0. The Hall–Kier alpha value is -1.68. The van der Waals surface area contributed by atoms with Crippen LogP contribution in [0.5, 0.6) is 0 Å². The van der Waals surface area contributed by atoms with E-state index in [2.05, 4.69) is 16.9 Å². The fourth-order valence-electron chi connectivity index (χ4n) is 1.85. The molecule has 0 spiro atoms. The Labute approximate surface area is 101 Å². The van der Waals surface area contributed by atoms with Crippen LogP contribution in [0.3, 0.4) is 0 Å². The molecule has 0 amide bonds. The zero-order chi connectivity index (χ0) is 12.3. The summed E-state index contributed by atoms with van der Waals surface area (Å²) < 4.78 is 2.03. The molecule has 0 saturated heterocycles. The van der Waals surface area contributed by atoms with E-state index in [-0.39, 0.29) is 0 Å². The van der Waals surface area contributed by atoms with Crippen molar-refractivity contribution in [2.75, 3.05) is 0 Å². The first kappa shape index (κ1) is 11.8. The molecular formula is C13H17N3O. The lowest BCUT2D eigenvalue weighted by molar-refractivity contribution is 0.169. The standard InChI is InChI=1S/C13H17N3O/c1-3-16-8-7-14-13(16)9-12(17)11-6-4-5-10(2)15-11/h4-8,12,17H,3,9H2,1-2H3. The van der Waals surface area contributed by atoms with Gasteiger partial charge in [0.05, 0.1) is 5.69 Å². The lowest BCUT2D eigenvalue weighted by Crippen LogP contribution is -2.09. The quantitative estimate of drug-likeness (QED) is 0.874. The predicted molar refractivity (Wildman–Crippen MR) is 65.5 cm³/mol. The zero-order valence-electron chi connectivity index (χ0n) is 10.2. The van der Waals surface area contributed by atoms with E-state index in [4.69, 9.17) is 0 Å². The number of aromatic nitrogens is 3. The molecule has 0 aromatic carbocycles. The monoisotopic (exact) mass is 231 g/mol. The lowest BCUT2D eigenvalue weighted by Gasteiger charge is -2.11. The number of aliphatic hydroxyl groups is 1. The second-order valence-corrected chi connectivity index (χ2v) is 4.05. The van der Waals surface area contributed by atoms with Gasteiger partial charge in [0, 0.05) is 31.1 Å². The summed E-state index contributed by atoms with van der Waals surface area (Å²) in [5.41, 5.74) is 1.62. The van der Waals surface area contributed by atoms with Gasteiger partial charge < -0.3 is 9.67 Å². The van der Waals surface area contributed by atoms with Gasteiger partial charge in [0.15, 0.2) is 0 Å². The largest absolute Gasteiger partial charge is 0.386 e. The van der Waals surface area contributed by atoms with Gasteiger partial charge in [-0.05, 0) is 26.0 Å². The summed E-state index contributed by atoms with van der Waals surface area (Å²) in [5, 5.41) is 10.1. The molecule has 0 aliphatic rings. The Balaban J connectivity index is 2.14. The van der Waals surface area contributed by atoms with E-state index in [1.807, 2.05) is 35.9 Å². The molecule has 4 nitrogen and oxygen atoms in total. The third-order valence-corrected chi connectivity index (χ3v) is 2.77. The third kappa shape index (κ3) is 2.71. The number of aliphatic hydroxyl groups excluding tert-OH is 1. The molecule has 0 aliphatic heterocycles. The van der Waals surface area contributed by atoms with E-state index in [0.29, 0.717) is 12.1 Å². The fourth-order valence-corrected chi connectivity index (χ4v) is 1.85. The number of nitrogens with zero attached hydrogens (tertiary/aromatic N) is 3. The molecule has 0 bridgehead atoms. The minimum atomic E-state index is -0.595. The molecule has 1 atom stereocenters. The molecule has 2 rings (SSSR count). The van der Waals surface area contributed by atoms with Crippen LogP contribution in [0.2, 0.25) is 0 Å². The van der Waals surface area contributed by atoms with Crippen LogP contribution in [0.15, 0.2) is 30.6 Å². The first-order valence-electron chi connectivity index (χ1n) is 5.82. The van der Waals surface area contributed by atoms with Gasteiger partial charge in [-0.25, -0.2) is 4.98 Å². The van der Waals surface area contributed by atoms with Gasteiger partial charge in [-0.15, -0.1) is 0 Å². The molecule has 17 heavy (non-hydrogen) atoms. The van der Waals surface area contributed by atoms with Crippen LogP contribution in [0, 0.1) is 6.92 Å². The van der Waals surface area contributed by atoms with Crippen LogP contribution in [0.4, 0.5) is 0 Å². The van der Waals surface area contributed by atoms with Crippen molar-refractivity contribution >= 4 is 0 Å². The van der Waals surface area contributed by atoms with Gasteiger partial charge in [0.2, 0.25) is 0 Å². The Morgan fingerprint density at radius 3 is 2.94 bits per heavy atom. The van der Waals surface area contributed by atoms with Crippen LogP contribution < -0.4 is 0 Å². The number of imidazole rings is 1. The van der Waals surface area contributed by atoms with Gasteiger partial charge in [0.25, 0.3) is 0 Å². The first-order chi connectivity index (χ1) is 8.20. The van der Waals surface area contributed by atoms with Crippen LogP contribution in [-0.4, -0.2) is 19.6 Å². The van der Waals surface area contributed by atoms with Crippen molar-refractivity contribution in [2.24, 2.45) is 0 Å². The van der Waals surface area contributed by atoms with Crippen molar-refractivity contribution in [2.45, 2.75) is 32.9 Å². The van der Waals surface area contributed by atoms with E-state index in [9.17, 15) is 5.11 Å². The highest BCUT2D eigenvalue weighted by Gasteiger charge is 2.13. The number of hydrogen-bond acceptors (Lipinski definition) is 3. The Morgan fingerprint density at radius 1 is 1.41 bits per heavy atom. The second kappa shape index (κ2) is 5.10. The predicted octanol–water partition coefficient (Wildman–Crippen LogP) is 1.88. The molecule has 90 valence electrons. The third-order valence-electron chi connectivity index (χ3n) is 2.77. The molecule has 2 aromatic heterocycles. The highest BCUT2D eigenvalue weighted by molar-refractivity contribution is 5.13. The maximum atomic E-state index is 10.1. The molecule has 0 radical (unpaired) electrons. The molecule has 4 heteroatoms. The van der Waals surface area contributed by atoms with Crippen LogP contribution >= 0.6 is 0 Å². The summed E-state index contributed by atoms with van der Waals surface area (Å²) in [6.45, 7) is 4.84. The summed E-state index contributed by atoms with van der Waals surface area (Å²) >= 11 is 0. The molecule has 0 aliphatic carbocycles. The summed E-state index contributed by atoms with van der Waals surface area (Å²) in [6.07, 6.45) is 3.58. The van der Waals surface area contributed by atoms with Gasteiger partial charge in [0.1, 0.15) is 11.9 Å². The second-order valence-electron chi connectivity index (χ2n) is 4.05. The lowest BCUT2D eigenvalue weighted by atomic mass is 10.1. The van der Waals surface area contributed by atoms with Gasteiger partial charge >= 0.3 is 0 Å².